The van der Waals surface area contributed by atoms with Gasteiger partial charge in [-0.2, -0.15) is 0 Å². The first-order valence-electron chi connectivity index (χ1n) is 8.71. The van der Waals surface area contributed by atoms with Crippen molar-refractivity contribution in [1.29, 1.82) is 0 Å². The molecule has 0 saturated heterocycles. The van der Waals surface area contributed by atoms with E-state index in [4.69, 9.17) is 4.74 Å². The second kappa shape index (κ2) is 7.23. The first-order valence-corrected chi connectivity index (χ1v) is 8.71. The molecule has 0 fully saturated rings. The second-order valence-electron chi connectivity index (χ2n) is 6.39. The number of ether oxygens (including phenoxy) is 1. The minimum atomic E-state index is -0.190. The Hall–Kier alpha value is -2.40. The molecule has 2 heterocycles. The van der Waals surface area contributed by atoms with E-state index < -0.39 is 0 Å². The number of nitrogens with zero attached hydrogens (tertiary/aromatic N) is 1. The summed E-state index contributed by atoms with van der Waals surface area (Å²) in [5.74, 6) is -0.380. The molecule has 0 saturated carbocycles. The third-order valence-electron chi connectivity index (χ3n) is 4.87. The molecule has 5 heteroatoms. The molecule has 0 aromatic heterocycles. The summed E-state index contributed by atoms with van der Waals surface area (Å²) in [5, 5.41) is 3.37. The predicted octanol–water partition coefficient (Wildman–Crippen LogP) is 3.25. The Morgan fingerprint density at radius 3 is 2.36 bits per heavy atom. The summed E-state index contributed by atoms with van der Waals surface area (Å²) in [7, 11) is 1.68. The molecule has 2 amide bonds. The third kappa shape index (κ3) is 3.24. The minimum absolute atomic E-state index is 0.141. The van der Waals surface area contributed by atoms with Gasteiger partial charge < -0.3 is 10.1 Å². The molecule has 1 aromatic rings. The Balaban J connectivity index is 1.65. The fourth-order valence-electron chi connectivity index (χ4n) is 3.45. The number of allylic oxidation sites excluding steroid dienone is 3. The molecule has 25 heavy (non-hydrogen) atoms. The second-order valence-corrected chi connectivity index (χ2v) is 6.39. The van der Waals surface area contributed by atoms with Gasteiger partial charge in [-0.25, -0.2) is 0 Å². The molecule has 1 N–H and O–H groups in total. The van der Waals surface area contributed by atoms with E-state index in [1.807, 2.05) is 0 Å². The van der Waals surface area contributed by atoms with Crippen LogP contribution in [0.15, 0.2) is 47.2 Å². The maximum atomic E-state index is 12.4. The molecular weight excluding hydrogens is 316 g/mol. The lowest BCUT2D eigenvalue weighted by Gasteiger charge is -2.28. The fraction of sp³-hybridized carbons (Fsp3) is 0.400. The van der Waals surface area contributed by atoms with Crippen LogP contribution in [-0.4, -0.2) is 36.6 Å². The number of imide groups is 1. The maximum Gasteiger partial charge on any atom is 0.261 e. The normalized spacial score (nSPS) is 19.9. The van der Waals surface area contributed by atoms with E-state index in [-0.39, 0.29) is 18.0 Å². The van der Waals surface area contributed by atoms with Crippen LogP contribution >= 0.6 is 0 Å². The van der Waals surface area contributed by atoms with E-state index in [1.165, 1.54) is 10.5 Å². The summed E-state index contributed by atoms with van der Waals surface area (Å²) in [6.07, 6.45) is 4.49. The number of benzene rings is 1. The molecule has 0 radical (unpaired) electrons. The quantitative estimate of drug-likeness (QED) is 0.808. The summed E-state index contributed by atoms with van der Waals surface area (Å²) >= 11 is 0. The van der Waals surface area contributed by atoms with Crippen molar-refractivity contribution >= 4 is 11.8 Å². The highest BCUT2D eigenvalue weighted by atomic mass is 16.5. The number of nitrogens with one attached hydrogen (secondary N) is 1. The largest absolute Gasteiger partial charge is 0.360 e. The van der Waals surface area contributed by atoms with Crippen molar-refractivity contribution in [3.63, 3.8) is 0 Å². The number of carbonyl (C=O) groups is 2. The number of rotatable bonds is 6. The van der Waals surface area contributed by atoms with Crippen molar-refractivity contribution in [3.05, 3.63) is 58.3 Å². The number of hydrogen-bond donors (Lipinski definition) is 1. The molecule has 0 bridgehead atoms. The van der Waals surface area contributed by atoms with Gasteiger partial charge in [0, 0.05) is 19.4 Å². The summed E-state index contributed by atoms with van der Waals surface area (Å²) in [5.41, 5.74) is 4.57. The van der Waals surface area contributed by atoms with Gasteiger partial charge in [0.25, 0.3) is 11.8 Å². The average Bonchev–Trinajstić information content (AvgIpc) is 2.87. The Kier molecular flexibility index (Phi) is 5.04. The lowest BCUT2D eigenvalue weighted by Crippen LogP contribution is -2.35. The number of dihydropyridines is 1. The number of fused-ring (bicyclic) bond motifs is 1. The highest BCUT2D eigenvalue weighted by molar-refractivity contribution is 6.21. The highest BCUT2D eigenvalue weighted by Crippen LogP contribution is 2.26. The SMILES string of the molecule is CCC1=C(C)NC(OC)C(CCCN2C(=O)c3ccccc3C2=O)=C1. The Morgan fingerprint density at radius 2 is 1.80 bits per heavy atom. The molecule has 1 aromatic carbocycles. The molecule has 1 unspecified atom stereocenters. The van der Waals surface area contributed by atoms with Crippen LogP contribution in [0.3, 0.4) is 0 Å². The molecule has 0 aliphatic carbocycles. The van der Waals surface area contributed by atoms with Crippen LogP contribution in [-0.2, 0) is 4.74 Å². The lowest BCUT2D eigenvalue weighted by atomic mass is 9.98. The third-order valence-corrected chi connectivity index (χ3v) is 4.87. The number of methoxy groups -OCH3 is 1. The van der Waals surface area contributed by atoms with Crippen LogP contribution in [0.2, 0.25) is 0 Å². The molecule has 1 atom stereocenters. The van der Waals surface area contributed by atoms with Crippen molar-refractivity contribution in [2.24, 2.45) is 0 Å². The van der Waals surface area contributed by atoms with Crippen molar-refractivity contribution in [2.45, 2.75) is 39.3 Å². The lowest BCUT2D eigenvalue weighted by molar-refractivity contribution is 0.0650. The van der Waals surface area contributed by atoms with Gasteiger partial charge in [-0.1, -0.05) is 25.1 Å². The van der Waals surface area contributed by atoms with Gasteiger partial charge in [0.05, 0.1) is 11.1 Å². The molecule has 3 rings (SSSR count). The molecule has 5 nitrogen and oxygen atoms in total. The zero-order valence-electron chi connectivity index (χ0n) is 15.0. The van der Waals surface area contributed by atoms with Crippen LogP contribution in [0.4, 0.5) is 0 Å². The van der Waals surface area contributed by atoms with Crippen molar-refractivity contribution in [2.75, 3.05) is 13.7 Å². The van der Waals surface area contributed by atoms with Gasteiger partial charge in [0.2, 0.25) is 0 Å². The van der Waals surface area contributed by atoms with E-state index in [0.29, 0.717) is 17.7 Å². The average molecular weight is 340 g/mol. The van der Waals surface area contributed by atoms with E-state index in [9.17, 15) is 9.59 Å². The number of amides is 2. The van der Waals surface area contributed by atoms with Crippen LogP contribution < -0.4 is 5.32 Å². The Bertz CT molecular complexity index is 729. The zero-order chi connectivity index (χ0) is 18.0. The Labute approximate surface area is 148 Å². The summed E-state index contributed by atoms with van der Waals surface area (Å²) in [6.45, 7) is 4.60. The van der Waals surface area contributed by atoms with Crippen molar-refractivity contribution in [3.8, 4) is 0 Å². The first-order chi connectivity index (χ1) is 12.1. The zero-order valence-corrected chi connectivity index (χ0v) is 15.0. The first kappa shape index (κ1) is 17.4. The molecule has 132 valence electrons. The van der Waals surface area contributed by atoms with Gasteiger partial charge in [-0.3, -0.25) is 14.5 Å². The molecule has 2 aliphatic heterocycles. The van der Waals surface area contributed by atoms with Gasteiger partial charge >= 0.3 is 0 Å². The van der Waals surface area contributed by atoms with Crippen LogP contribution in [0.1, 0.15) is 53.8 Å². The van der Waals surface area contributed by atoms with E-state index in [1.54, 1.807) is 31.4 Å². The standard InChI is InChI=1S/C20H24N2O3/c1-4-14-12-15(18(25-3)21-13(14)2)8-7-11-22-19(23)16-9-5-6-10-17(16)20(22)24/h5-6,9-10,12,18,21H,4,7-8,11H2,1-3H3. The number of carbonyl (C=O) groups excluding carboxylic acids is 2. The van der Waals surface area contributed by atoms with Gasteiger partial charge in [-0.05, 0) is 49.5 Å². The molecular formula is C20H24N2O3. The van der Waals surface area contributed by atoms with Gasteiger partial charge in [0.1, 0.15) is 6.23 Å². The smallest absolute Gasteiger partial charge is 0.261 e. The summed E-state index contributed by atoms with van der Waals surface area (Å²) in [6, 6.07) is 7.00. The van der Waals surface area contributed by atoms with E-state index in [0.717, 1.165) is 30.5 Å². The minimum Gasteiger partial charge on any atom is -0.360 e. The monoisotopic (exact) mass is 340 g/mol. The maximum absolute atomic E-state index is 12.4. The van der Waals surface area contributed by atoms with Crippen molar-refractivity contribution < 1.29 is 14.3 Å². The summed E-state index contributed by atoms with van der Waals surface area (Å²) < 4.78 is 5.52. The topological polar surface area (TPSA) is 58.6 Å². The fourth-order valence-corrected chi connectivity index (χ4v) is 3.45. The van der Waals surface area contributed by atoms with Crippen molar-refractivity contribution in [1.82, 2.24) is 10.2 Å². The molecule has 0 spiro atoms. The number of hydrogen-bond acceptors (Lipinski definition) is 4. The van der Waals surface area contributed by atoms with E-state index in [2.05, 4.69) is 25.2 Å². The van der Waals surface area contributed by atoms with E-state index >= 15 is 0 Å². The Morgan fingerprint density at radius 1 is 1.16 bits per heavy atom. The predicted molar refractivity (Wildman–Crippen MR) is 96.0 cm³/mol. The van der Waals surface area contributed by atoms with Crippen LogP contribution in [0.5, 0.6) is 0 Å². The summed E-state index contributed by atoms with van der Waals surface area (Å²) in [4.78, 5) is 26.1. The highest BCUT2D eigenvalue weighted by Gasteiger charge is 2.34. The van der Waals surface area contributed by atoms with Crippen LogP contribution in [0, 0.1) is 0 Å². The molecule has 2 aliphatic rings. The van der Waals surface area contributed by atoms with Crippen LogP contribution in [0.25, 0.3) is 0 Å². The van der Waals surface area contributed by atoms with Gasteiger partial charge in [0.15, 0.2) is 0 Å². The van der Waals surface area contributed by atoms with Gasteiger partial charge in [-0.15, -0.1) is 0 Å².